The SMILES string of the molecule is Cc1cccc(NCC(=O)N(Cc2ccccc2)c2ccccc2)c1. The van der Waals surface area contributed by atoms with Gasteiger partial charge in [0.2, 0.25) is 5.91 Å². The largest absolute Gasteiger partial charge is 0.376 e. The lowest BCUT2D eigenvalue weighted by Gasteiger charge is -2.23. The maximum absolute atomic E-state index is 12.9. The molecule has 0 aliphatic heterocycles. The number of amides is 1. The molecule has 1 N–H and O–H groups in total. The third-order valence-corrected chi connectivity index (χ3v) is 4.01. The van der Waals surface area contributed by atoms with Gasteiger partial charge < -0.3 is 10.2 Å². The molecule has 3 nitrogen and oxygen atoms in total. The normalized spacial score (nSPS) is 10.3. The van der Waals surface area contributed by atoms with Crippen LogP contribution in [0, 0.1) is 6.92 Å². The molecule has 3 aromatic carbocycles. The molecule has 0 aromatic heterocycles. The fourth-order valence-corrected chi connectivity index (χ4v) is 2.73. The smallest absolute Gasteiger partial charge is 0.246 e. The molecule has 0 fully saturated rings. The molecule has 0 atom stereocenters. The highest BCUT2D eigenvalue weighted by molar-refractivity contribution is 5.96. The minimum atomic E-state index is 0.0385. The summed E-state index contributed by atoms with van der Waals surface area (Å²) < 4.78 is 0. The average molecular weight is 330 g/mol. The van der Waals surface area contributed by atoms with Gasteiger partial charge in [0.05, 0.1) is 13.1 Å². The van der Waals surface area contributed by atoms with Crippen LogP contribution in [0.2, 0.25) is 0 Å². The van der Waals surface area contributed by atoms with Crippen molar-refractivity contribution in [2.75, 3.05) is 16.8 Å². The number of rotatable bonds is 6. The van der Waals surface area contributed by atoms with Crippen molar-refractivity contribution in [3.63, 3.8) is 0 Å². The zero-order valence-corrected chi connectivity index (χ0v) is 14.4. The van der Waals surface area contributed by atoms with Gasteiger partial charge in [-0.2, -0.15) is 0 Å². The van der Waals surface area contributed by atoms with Crippen LogP contribution < -0.4 is 10.2 Å². The van der Waals surface area contributed by atoms with Gasteiger partial charge in [-0.15, -0.1) is 0 Å². The number of carbonyl (C=O) groups is 1. The van der Waals surface area contributed by atoms with E-state index in [1.165, 1.54) is 5.56 Å². The zero-order valence-electron chi connectivity index (χ0n) is 14.4. The summed E-state index contributed by atoms with van der Waals surface area (Å²) in [6, 6.07) is 27.9. The maximum atomic E-state index is 12.9. The van der Waals surface area contributed by atoms with Crippen molar-refractivity contribution in [2.45, 2.75) is 13.5 Å². The molecule has 0 aliphatic rings. The molecule has 0 bridgehead atoms. The lowest BCUT2D eigenvalue weighted by Crippen LogP contribution is -2.35. The van der Waals surface area contributed by atoms with E-state index in [1.54, 1.807) is 0 Å². The molecule has 25 heavy (non-hydrogen) atoms. The van der Waals surface area contributed by atoms with Gasteiger partial charge in [0.25, 0.3) is 0 Å². The summed E-state index contributed by atoms with van der Waals surface area (Å²) in [5.74, 6) is 0.0385. The van der Waals surface area contributed by atoms with Crippen LogP contribution in [0.3, 0.4) is 0 Å². The van der Waals surface area contributed by atoms with E-state index in [9.17, 15) is 4.79 Å². The Bertz CT molecular complexity index is 816. The number of nitrogens with one attached hydrogen (secondary N) is 1. The molecule has 0 radical (unpaired) electrons. The van der Waals surface area contributed by atoms with Gasteiger partial charge in [0.1, 0.15) is 0 Å². The summed E-state index contributed by atoms with van der Waals surface area (Å²) in [7, 11) is 0. The van der Waals surface area contributed by atoms with E-state index in [1.807, 2.05) is 96.8 Å². The first-order valence-corrected chi connectivity index (χ1v) is 8.42. The van der Waals surface area contributed by atoms with Crippen molar-refractivity contribution in [3.8, 4) is 0 Å². The number of hydrogen-bond acceptors (Lipinski definition) is 2. The lowest BCUT2D eigenvalue weighted by atomic mass is 10.2. The van der Waals surface area contributed by atoms with Crippen LogP contribution >= 0.6 is 0 Å². The van der Waals surface area contributed by atoms with Gasteiger partial charge in [0, 0.05) is 11.4 Å². The highest BCUT2D eigenvalue weighted by Gasteiger charge is 2.15. The molecule has 0 saturated carbocycles. The first-order valence-electron chi connectivity index (χ1n) is 8.42. The molecular formula is C22H22N2O. The van der Waals surface area contributed by atoms with Crippen molar-refractivity contribution >= 4 is 17.3 Å². The van der Waals surface area contributed by atoms with Crippen LogP contribution in [-0.4, -0.2) is 12.5 Å². The Labute approximate surface area is 148 Å². The topological polar surface area (TPSA) is 32.3 Å². The number of para-hydroxylation sites is 1. The van der Waals surface area contributed by atoms with Crippen LogP contribution in [-0.2, 0) is 11.3 Å². The molecule has 0 unspecified atom stereocenters. The molecule has 0 spiro atoms. The molecule has 0 heterocycles. The van der Waals surface area contributed by atoms with E-state index in [4.69, 9.17) is 0 Å². The molecule has 1 amide bonds. The fourth-order valence-electron chi connectivity index (χ4n) is 2.73. The average Bonchev–Trinajstić information content (AvgIpc) is 2.66. The molecule has 0 saturated heterocycles. The molecule has 3 rings (SSSR count). The van der Waals surface area contributed by atoms with E-state index in [0.717, 1.165) is 16.9 Å². The number of hydrogen-bond donors (Lipinski definition) is 1. The van der Waals surface area contributed by atoms with Crippen LogP contribution in [0.15, 0.2) is 84.9 Å². The molecule has 3 heteroatoms. The van der Waals surface area contributed by atoms with Crippen molar-refractivity contribution in [3.05, 3.63) is 96.1 Å². The first-order chi connectivity index (χ1) is 12.2. The Morgan fingerprint density at radius 2 is 1.56 bits per heavy atom. The minimum Gasteiger partial charge on any atom is -0.376 e. The van der Waals surface area contributed by atoms with Gasteiger partial charge in [0.15, 0.2) is 0 Å². The molecule has 0 aliphatic carbocycles. The second kappa shape index (κ2) is 8.15. The van der Waals surface area contributed by atoms with Crippen LogP contribution in [0.4, 0.5) is 11.4 Å². The molecular weight excluding hydrogens is 308 g/mol. The van der Waals surface area contributed by atoms with Crippen LogP contribution in [0.5, 0.6) is 0 Å². The highest BCUT2D eigenvalue weighted by Crippen LogP contribution is 2.18. The number of aryl methyl sites for hydroxylation is 1. The number of anilines is 2. The Morgan fingerprint density at radius 3 is 2.24 bits per heavy atom. The van der Waals surface area contributed by atoms with E-state index < -0.39 is 0 Å². The number of carbonyl (C=O) groups excluding carboxylic acids is 1. The molecule has 3 aromatic rings. The van der Waals surface area contributed by atoms with Crippen LogP contribution in [0.25, 0.3) is 0 Å². The van der Waals surface area contributed by atoms with Crippen molar-refractivity contribution < 1.29 is 4.79 Å². The summed E-state index contributed by atoms with van der Waals surface area (Å²) in [6.07, 6.45) is 0. The predicted molar refractivity (Wildman–Crippen MR) is 104 cm³/mol. The van der Waals surface area contributed by atoms with Crippen molar-refractivity contribution in [2.24, 2.45) is 0 Å². The third kappa shape index (κ3) is 4.70. The lowest BCUT2D eigenvalue weighted by molar-refractivity contribution is -0.117. The standard InChI is InChI=1S/C22H22N2O/c1-18-9-8-12-20(15-18)23-16-22(25)24(21-13-6-3-7-14-21)17-19-10-4-2-5-11-19/h2-15,23H,16-17H2,1H3. The van der Waals surface area contributed by atoms with E-state index in [0.29, 0.717) is 6.54 Å². The summed E-state index contributed by atoms with van der Waals surface area (Å²) in [5.41, 5.74) is 4.14. The van der Waals surface area contributed by atoms with Gasteiger partial charge in [-0.1, -0.05) is 60.7 Å². The van der Waals surface area contributed by atoms with Gasteiger partial charge >= 0.3 is 0 Å². The summed E-state index contributed by atoms with van der Waals surface area (Å²) in [5, 5.41) is 3.23. The number of benzene rings is 3. The zero-order chi connectivity index (χ0) is 17.5. The predicted octanol–water partition coefficient (Wildman–Crippen LogP) is 4.64. The quantitative estimate of drug-likeness (QED) is 0.714. The molecule has 126 valence electrons. The highest BCUT2D eigenvalue weighted by atomic mass is 16.2. The Hall–Kier alpha value is -3.07. The van der Waals surface area contributed by atoms with Gasteiger partial charge in [-0.25, -0.2) is 0 Å². The van der Waals surface area contributed by atoms with Crippen LogP contribution in [0.1, 0.15) is 11.1 Å². The van der Waals surface area contributed by atoms with Gasteiger partial charge in [-0.3, -0.25) is 4.79 Å². The van der Waals surface area contributed by atoms with Crippen molar-refractivity contribution in [1.29, 1.82) is 0 Å². The summed E-state index contributed by atoms with van der Waals surface area (Å²) in [4.78, 5) is 14.7. The Balaban J connectivity index is 1.75. The maximum Gasteiger partial charge on any atom is 0.246 e. The summed E-state index contributed by atoms with van der Waals surface area (Å²) in [6.45, 7) is 2.85. The monoisotopic (exact) mass is 330 g/mol. The van der Waals surface area contributed by atoms with E-state index in [-0.39, 0.29) is 12.5 Å². The fraction of sp³-hybridized carbons (Fsp3) is 0.136. The van der Waals surface area contributed by atoms with Gasteiger partial charge in [-0.05, 0) is 42.3 Å². The first kappa shape index (κ1) is 16.8. The van der Waals surface area contributed by atoms with E-state index in [2.05, 4.69) is 5.32 Å². The van der Waals surface area contributed by atoms with E-state index >= 15 is 0 Å². The van der Waals surface area contributed by atoms with Crippen molar-refractivity contribution in [1.82, 2.24) is 0 Å². The Morgan fingerprint density at radius 1 is 0.880 bits per heavy atom. The number of nitrogens with zero attached hydrogens (tertiary/aromatic N) is 1. The minimum absolute atomic E-state index is 0.0385. The second-order valence-corrected chi connectivity index (χ2v) is 6.02. The summed E-state index contributed by atoms with van der Waals surface area (Å²) >= 11 is 0. The second-order valence-electron chi connectivity index (χ2n) is 6.02. The Kier molecular flexibility index (Phi) is 5.47. The third-order valence-electron chi connectivity index (χ3n) is 4.01.